The van der Waals surface area contributed by atoms with Crippen LogP contribution in [0.1, 0.15) is 25.7 Å². The van der Waals surface area contributed by atoms with Crippen molar-refractivity contribution in [3.63, 3.8) is 0 Å². The summed E-state index contributed by atoms with van der Waals surface area (Å²) >= 11 is 0. The summed E-state index contributed by atoms with van der Waals surface area (Å²) in [5.74, 6) is -0.898. The van der Waals surface area contributed by atoms with Crippen molar-refractivity contribution < 1.29 is 18.3 Å². The Balaban J connectivity index is 2.52. The first-order valence-electron chi connectivity index (χ1n) is 5.86. The molecule has 0 aliphatic rings. The number of rotatable bonds is 8. The number of hydrogen-bond donors (Lipinski definition) is 4. The summed E-state index contributed by atoms with van der Waals surface area (Å²) in [5.41, 5.74) is -1.78. The summed E-state index contributed by atoms with van der Waals surface area (Å²) in [6.45, 7) is 0.0838. The lowest BCUT2D eigenvalue weighted by molar-refractivity contribution is -0.137. The van der Waals surface area contributed by atoms with Crippen molar-refractivity contribution in [2.75, 3.05) is 6.54 Å². The highest BCUT2D eigenvalue weighted by molar-refractivity contribution is 7.89. The number of carbonyl (C=O) groups is 1. The van der Waals surface area contributed by atoms with Crippen molar-refractivity contribution >= 4 is 16.0 Å². The monoisotopic (exact) mass is 305 g/mol. The normalized spacial score (nSPS) is 11.4. The summed E-state index contributed by atoms with van der Waals surface area (Å²) in [6.07, 6.45) is 2.32. The number of unbranched alkanes of at least 4 members (excludes halogenated alkanes) is 2. The number of aromatic amines is 2. The first-order chi connectivity index (χ1) is 9.33. The quantitative estimate of drug-likeness (QED) is 0.452. The Hall–Kier alpha value is -1.94. The lowest BCUT2D eigenvalue weighted by Crippen LogP contribution is -2.33. The van der Waals surface area contributed by atoms with Gasteiger partial charge in [-0.25, -0.2) is 17.9 Å². The summed E-state index contributed by atoms with van der Waals surface area (Å²) in [4.78, 5) is 35.7. The highest BCUT2D eigenvalue weighted by Crippen LogP contribution is 2.01. The molecule has 0 saturated heterocycles. The molecule has 1 heterocycles. The van der Waals surface area contributed by atoms with E-state index >= 15 is 0 Å². The molecule has 0 bridgehead atoms. The fourth-order valence-electron chi connectivity index (χ4n) is 1.46. The standard InChI is InChI=1S/C10H15N3O6S/c14-8(15)4-2-1-3-5-12-20(18,19)7-6-11-10(17)13-9(7)16/h6,12H,1-5H2,(H,14,15)(H2,11,13,16,17). The fourth-order valence-corrected chi connectivity index (χ4v) is 2.54. The van der Waals surface area contributed by atoms with Crippen LogP contribution in [0, 0.1) is 0 Å². The van der Waals surface area contributed by atoms with Crippen LogP contribution in [0.5, 0.6) is 0 Å². The van der Waals surface area contributed by atoms with Gasteiger partial charge in [0.15, 0.2) is 4.90 Å². The highest BCUT2D eigenvalue weighted by atomic mass is 32.2. The molecular weight excluding hydrogens is 290 g/mol. The SMILES string of the molecule is O=C(O)CCCCCNS(=O)(=O)c1c[nH]c(=O)[nH]c1=O. The lowest BCUT2D eigenvalue weighted by Gasteiger charge is -2.05. The van der Waals surface area contributed by atoms with Gasteiger partial charge >= 0.3 is 11.7 Å². The third kappa shape index (κ3) is 4.97. The molecule has 9 nitrogen and oxygen atoms in total. The highest BCUT2D eigenvalue weighted by Gasteiger charge is 2.17. The van der Waals surface area contributed by atoms with Gasteiger partial charge in [-0.2, -0.15) is 0 Å². The topological polar surface area (TPSA) is 149 Å². The smallest absolute Gasteiger partial charge is 0.325 e. The number of nitrogens with one attached hydrogen (secondary N) is 3. The van der Waals surface area contributed by atoms with Crippen LogP contribution in [0.3, 0.4) is 0 Å². The number of sulfonamides is 1. The average Bonchev–Trinajstić information content (AvgIpc) is 2.32. The summed E-state index contributed by atoms with van der Waals surface area (Å²) < 4.78 is 25.7. The molecule has 0 atom stereocenters. The van der Waals surface area contributed by atoms with Crippen LogP contribution < -0.4 is 16.0 Å². The molecule has 1 aromatic rings. The molecule has 0 aromatic carbocycles. The third-order valence-electron chi connectivity index (χ3n) is 2.43. The van der Waals surface area contributed by atoms with Gasteiger partial charge in [-0.3, -0.25) is 14.6 Å². The number of hydrogen-bond acceptors (Lipinski definition) is 5. The van der Waals surface area contributed by atoms with E-state index in [2.05, 4.69) is 9.71 Å². The molecule has 0 spiro atoms. The Bertz CT molecular complexity index is 675. The van der Waals surface area contributed by atoms with Crippen molar-refractivity contribution in [2.24, 2.45) is 0 Å². The molecule has 112 valence electrons. The summed E-state index contributed by atoms with van der Waals surface area (Å²) in [6, 6.07) is 0. The van der Waals surface area contributed by atoms with Gasteiger partial charge in [0.25, 0.3) is 5.56 Å². The lowest BCUT2D eigenvalue weighted by atomic mass is 10.2. The number of carboxylic acid groups (broad SMARTS) is 1. The average molecular weight is 305 g/mol. The van der Waals surface area contributed by atoms with Crippen molar-refractivity contribution in [3.05, 3.63) is 27.0 Å². The zero-order valence-electron chi connectivity index (χ0n) is 10.5. The molecule has 0 unspecified atom stereocenters. The maximum absolute atomic E-state index is 11.8. The molecule has 0 amide bonds. The van der Waals surface area contributed by atoms with Gasteiger partial charge in [0.1, 0.15) is 0 Å². The Morgan fingerprint density at radius 1 is 1.25 bits per heavy atom. The molecule has 1 rings (SSSR count). The van der Waals surface area contributed by atoms with Crippen molar-refractivity contribution in [1.82, 2.24) is 14.7 Å². The molecule has 0 aliphatic heterocycles. The number of carboxylic acids is 1. The van der Waals surface area contributed by atoms with Crippen LogP contribution in [-0.4, -0.2) is 36.0 Å². The minimum absolute atomic E-state index is 0.0341. The number of H-pyrrole nitrogens is 2. The molecular formula is C10H15N3O6S. The Morgan fingerprint density at radius 2 is 1.95 bits per heavy atom. The molecule has 10 heteroatoms. The zero-order chi connectivity index (χ0) is 15.2. The second-order valence-corrected chi connectivity index (χ2v) is 5.77. The van der Waals surface area contributed by atoms with Crippen molar-refractivity contribution in [3.8, 4) is 0 Å². The van der Waals surface area contributed by atoms with Crippen LogP contribution in [0.4, 0.5) is 0 Å². The minimum atomic E-state index is -3.99. The van der Waals surface area contributed by atoms with Gasteiger partial charge in [0.05, 0.1) is 0 Å². The summed E-state index contributed by atoms with van der Waals surface area (Å²) in [7, 11) is -3.99. The van der Waals surface area contributed by atoms with Crippen LogP contribution in [-0.2, 0) is 14.8 Å². The largest absolute Gasteiger partial charge is 0.481 e. The van der Waals surface area contributed by atoms with E-state index in [1.54, 1.807) is 0 Å². The predicted molar refractivity (Wildman–Crippen MR) is 69.0 cm³/mol. The molecule has 1 aromatic heterocycles. The Morgan fingerprint density at radius 3 is 2.55 bits per heavy atom. The number of aromatic nitrogens is 2. The van der Waals surface area contributed by atoms with Crippen molar-refractivity contribution in [2.45, 2.75) is 30.6 Å². The Kier molecular flexibility index (Phi) is 5.65. The minimum Gasteiger partial charge on any atom is -0.481 e. The third-order valence-corrected chi connectivity index (χ3v) is 3.90. The predicted octanol–water partition coefficient (Wildman–Crippen LogP) is -1.01. The maximum atomic E-state index is 11.8. The second-order valence-electron chi connectivity index (χ2n) is 4.04. The van der Waals surface area contributed by atoms with Crippen LogP contribution in [0.2, 0.25) is 0 Å². The van der Waals surface area contributed by atoms with Gasteiger partial charge in [0.2, 0.25) is 10.0 Å². The second kappa shape index (κ2) is 7.01. The van der Waals surface area contributed by atoms with Gasteiger partial charge in [-0.15, -0.1) is 0 Å². The van der Waals surface area contributed by atoms with E-state index in [-0.39, 0.29) is 13.0 Å². The van der Waals surface area contributed by atoms with E-state index in [4.69, 9.17) is 5.11 Å². The van der Waals surface area contributed by atoms with Crippen LogP contribution in [0.15, 0.2) is 20.7 Å². The summed E-state index contributed by atoms with van der Waals surface area (Å²) in [5, 5.41) is 8.42. The molecule has 0 radical (unpaired) electrons. The molecule has 20 heavy (non-hydrogen) atoms. The Labute approximate surface area is 114 Å². The van der Waals surface area contributed by atoms with Gasteiger partial charge in [-0.05, 0) is 12.8 Å². The first-order valence-corrected chi connectivity index (χ1v) is 7.35. The van der Waals surface area contributed by atoms with E-state index in [1.165, 1.54) is 0 Å². The first kappa shape index (κ1) is 16.1. The number of aliphatic carboxylic acids is 1. The zero-order valence-corrected chi connectivity index (χ0v) is 11.3. The van der Waals surface area contributed by atoms with E-state index in [0.29, 0.717) is 19.3 Å². The van der Waals surface area contributed by atoms with Gasteiger partial charge in [0, 0.05) is 19.2 Å². The van der Waals surface area contributed by atoms with E-state index in [1.807, 2.05) is 4.98 Å². The molecule has 0 fully saturated rings. The van der Waals surface area contributed by atoms with E-state index in [9.17, 15) is 22.8 Å². The molecule has 4 N–H and O–H groups in total. The van der Waals surface area contributed by atoms with Crippen LogP contribution >= 0.6 is 0 Å². The van der Waals surface area contributed by atoms with E-state index in [0.717, 1.165) is 6.20 Å². The molecule has 0 aliphatic carbocycles. The van der Waals surface area contributed by atoms with Gasteiger partial charge < -0.3 is 10.1 Å². The van der Waals surface area contributed by atoms with Gasteiger partial charge in [-0.1, -0.05) is 6.42 Å². The van der Waals surface area contributed by atoms with Crippen molar-refractivity contribution in [1.29, 1.82) is 0 Å². The fraction of sp³-hybridized carbons (Fsp3) is 0.500. The molecule has 0 saturated carbocycles. The van der Waals surface area contributed by atoms with Crippen LogP contribution in [0.25, 0.3) is 0 Å². The maximum Gasteiger partial charge on any atom is 0.325 e. The van der Waals surface area contributed by atoms with E-state index < -0.39 is 32.1 Å².